The van der Waals surface area contributed by atoms with Crippen LogP contribution >= 0.6 is 66.7 Å². The van der Waals surface area contributed by atoms with Gasteiger partial charge in [-0.05, 0) is 29.3 Å². The molecule has 2 aromatic rings. The number of alkyl halides is 1. The summed E-state index contributed by atoms with van der Waals surface area (Å²) in [6.45, 7) is 0. The van der Waals surface area contributed by atoms with E-state index in [1.807, 2.05) is 18.2 Å². The van der Waals surface area contributed by atoms with Gasteiger partial charge in [0.15, 0.2) is 0 Å². The van der Waals surface area contributed by atoms with E-state index in [-0.39, 0.29) is 0 Å². The van der Waals surface area contributed by atoms with Crippen molar-refractivity contribution in [3.8, 4) is 5.75 Å². The summed E-state index contributed by atoms with van der Waals surface area (Å²) in [5, 5.41) is 0.584. The molecule has 0 bridgehead atoms. The SMILES string of the molecule is COc1cc(Cl)c(C(Cl)c2ccc(Br)cc2Br)cc1Cl. The minimum atomic E-state index is -0.409. The third kappa shape index (κ3) is 3.45. The van der Waals surface area contributed by atoms with Crippen LogP contribution in [0.1, 0.15) is 16.5 Å². The van der Waals surface area contributed by atoms with Crippen molar-refractivity contribution in [3.63, 3.8) is 0 Å². The zero-order valence-corrected chi connectivity index (χ0v) is 15.7. The van der Waals surface area contributed by atoms with Crippen molar-refractivity contribution in [3.05, 3.63) is 60.4 Å². The van der Waals surface area contributed by atoms with Gasteiger partial charge in [-0.2, -0.15) is 0 Å². The van der Waals surface area contributed by atoms with Gasteiger partial charge < -0.3 is 4.74 Å². The average Bonchev–Trinajstić information content (AvgIpc) is 2.40. The van der Waals surface area contributed by atoms with E-state index in [4.69, 9.17) is 39.5 Å². The third-order valence-electron chi connectivity index (χ3n) is 2.78. The fourth-order valence-electron chi connectivity index (χ4n) is 1.77. The monoisotopic (exact) mass is 456 g/mol. The van der Waals surface area contributed by atoms with Crippen molar-refractivity contribution < 1.29 is 4.74 Å². The van der Waals surface area contributed by atoms with E-state index in [0.29, 0.717) is 15.8 Å². The lowest BCUT2D eigenvalue weighted by Gasteiger charge is -2.16. The molecule has 6 heteroatoms. The van der Waals surface area contributed by atoms with Crippen LogP contribution in [-0.2, 0) is 0 Å². The molecule has 0 aliphatic carbocycles. The maximum absolute atomic E-state index is 6.53. The lowest BCUT2D eigenvalue weighted by molar-refractivity contribution is 0.415. The van der Waals surface area contributed by atoms with E-state index in [0.717, 1.165) is 20.1 Å². The zero-order valence-electron chi connectivity index (χ0n) is 10.3. The van der Waals surface area contributed by atoms with E-state index in [1.54, 1.807) is 19.2 Å². The summed E-state index contributed by atoms with van der Waals surface area (Å²) in [6, 6.07) is 9.19. The minimum Gasteiger partial charge on any atom is -0.495 e. The molecule has 0 heterocycles. The lowest BCUT2D eigenvalue weighted by Crippen LogP contribution is -1.97. The standard InChI is InChI=1S/C14H9Br2Cl3O/c1-20-13-6-11(17)9(5-12(13)18)14(19)8-3-2-7(15)4-10(8)16/h2-6,14H,1H3. The summed E-state index contributed by atoms with van der Waals surface area (Å²) in [6.07, 6.45) is 0. The number of hydrogen-bond acceptors (Lipinski definition) is 1. The molecule has 2 rings (SSSR count). The van der Waals surface area contributed by atoms with Gasteiger partial charge in [-0.25, -0.2) is 0 Å². The Labute approximate surface area is 149 Å². The Morgan fingerprint density at radius 2 is 1.70 bits per heavy atom. The molecule has 0 aliphatic rings. The molecule has 0 N–H and O–H groups in total. The molecule has 0 saturated heterocycles. The summed E-state index contributed by atoms with van der Waals surface area (Å²) in [5.41, 5.74) is 1.65. The van der Waals surface area contributed by atoms with Crippen molar-refractivity contribution in [1.82, 2.24) is 0 Å². The Morgan fingerprint density at radius 3 is 2.30 bits per heavy atom. The van der Waals surface area contributed by atoms with Crippen LogP contribution in [0.25, 0.3) is 0 Å². The molecular formula is C14H9Br2Cl3O. The second kappa shape index (κ2) is 6.89. The maximum Gasteiger partial charge on any atom is 0.138 e. The van der Waals surface area contributed by atoms with E-state index < -0.39 is 5.38 Å². The summed E-state index contributed by atoms with van der Waals surface area (Å²) < 4.78 is 7.00. The van der Waals surface area contributed by atoms with Crippen LogP contribution in [0.3, 0.4) is 0 Å². The van der Waals surface area contributed by atoms with Crippen LogP contribution in [0.2, 0.25) is 10.0 Å². The van der Waals surface area contributed by atoms with Crippen molar-refractivity contribution in [1.29, 1.82) is 0 Å². The van der Waals surface area contributed by atoms with Crippen molar-refractivity contribution in [2.24, 2.45) is 0 Å². The summed E-state index contributed by atoms with van der Waals surface area (Å²) >= 11 is 25.8. The molecule has 1 atom stereocenters. The molecule has 0 saturated carbocycles. The lowest BCUT2D eigenvalue weighted by atomic mass is 10.0. The summed E-state index contributed by atoms with van der Waals surface area (Å²) in [5.74, 6) is 0.527. The number of halogens is 5. The van der Waals surface area contributed by atoms with Crippen molar-refractivity contribution >= 4 is 66.7 Å². The third-order valence-corrected chi connectivity index (χ3v) is 5.05. The predicted molar refractivity (Wildman–Crippen MR) is 92.6 cm³/mol. The largest absolute Gasteiger partial charge is 0.495 e. The van der Waals surface area contributed by atoms with Crippen LogP contribution in [0, 0.1) is 0 Å². The average molecular weight is 459 g/mol. The smallest absolute Gasteiger partial charge is 0.138 e. The fourth-order valence-corrected chi connectivity index (χ4v) is 4.12. The first-order valence-electron chi connectivity index (χ1n) is 5.56. The molecule has 20 heavy (non-hydrogen) atoms. The molecule has 0 aliphatic heterocycles. The van der Waals surface area contributed by atoms with Gasteiger partial charge in [0.1, 0.15) is 5.75 Å². The Balaban J connectivity index is 2.48. The van der Waals surface area contributed by atoms with Crippen molar-refractivity contribution in [2.75, 3.05) is 7.11 Å². The van der Waals surface area contributed by atoms with Crippen molar-refractivity contribution in [2.45, 2.75) is 5.38 Å². The molecule has 0 amide bonds. The van der Waals surface area contributed by atoms with Crippen LogP contribution < -0.4 is 4.74 Å². The van der Waals surface area contributed by atoms with Gasteiger partial charge in [0, 0.05) is 20.0 Å². The molecule has 106 valence electrons. The molecule has 0 fully saturated rings. The maximum atomic E-state index is 6.53. The van der Waals surface area contributed by atoms with Gasteiger partial charge in [0.25, 0.3) is 0 Å². The van der Waals surface area contributed by atoms with E-state index in [9.17, 15) is 0 Å². The molecule has 0 radical (unpaired) electrons. The van der Waals surface area contributed by atoms with Crippen LogP contribution in [-0.4, -0.2) is 7.11 Å². The number of methoxy groups -OCH3 is 1. The summed E-state index contributed by atoms with van der Waals surface area (Å²) in [7, 11) is 1.54. The second-order valence-corrected chi connectivity index (χ2v) is 7.06. The Bertz CT molecular complexity index is 647. The normalized spacial score (nSPS) is 12.3. The highest BCUT2D eigenvalue weighted by Crippen LogP contribution is 2.41. The number of hydrogen-bond donors (Lipinski definition) is 0. The molecule has 1 nitrogen and oxygen atoms in total. The molecule has 0 aromatic heterocycles. The van der Waals surface area contributed by atoms with E-state index in [2.05, 4.69) is 31.9 Å². The number of rotatable bonds is 3. The van der Waals surface area contributed by atoms with E-state index >= 15 is 0 Å². The highest BCUT2D eigenvalue weighted by Gasteiger charge is 2.19. The van der Waals surface area contributed by atoms with E-state index in [1.165, 1.54) is 0 Å². The second-order valence-electron chi connectivity index (χ2n) is 4.04. The topological polar surface area (TPSA) is 9.23 Å². The molecule has 0 spiro atoms. The highest BCUT2D eigenvalue weighted by atomic mass is 79.9. The predicted octanol–water partition coefficient (Wildman–Crippen LogP) is 6.86. The van der Waals surface area contributed by atoms with Crippen LogP contribution in [0.15, 0.2) is 39.3 Å². The highest BCUT2D eigenvalue weighted by molar-refractivity contribution is 9.11. The molecular weight excluding hydrogens is 450 g/mol. The van der Waals surface area contributed by atoms with Gasteiger partial charge in [-0.15, -0.1) is 11.6 Å². The van der Waals surface area contributed by atoms with Gasteiger partial charge in [0.05, 0.1) is 17.5 Å². The molecule has 1 unspecified atom stereocenters. The summed E-state index contributed by atoms with van der Waals surface area (Å²) in [4.78, 5) is 0. The Morgan fingerprint density at radius 1 is 1.00 bits per heavy atom. The molecule has 2 aromatic carbocycles. The first kappa shape index (κ1) is 16.4. The van der Waals surface area contributed by atoms with Gasteiger partial charge >= 0.3 is 0 Å². The van der Waals surface area contributed by atoms with Gasteiger partial charge in [0.2, 0.25) is 0 Å². The zero-order chi connectivity index (χ0) is 14.9. The number of ether oxygens (including phenoxy) is 1. The quantitative estimate of drug-likeness (QED) is 0.456. The van der Waals surface area contributed by atoms with Gasteiger partial charge in [-0.1, -0.05) is 61.1 Å². The van der Waals surface area contributed by atoms with Crippen LogP contribution in [0.5, 0.6) is 5.75 Å². The van der Waals surface area contributed by atoms with Gasteiger partial charge in [-0.3, -0.25) is 0 Å². The number of benzene rings is 2. The first-order chi connectivity index (χ1) is 9.43. The minimum absolute atomic E-state index is 0.409. The van der Waals surface area contributed by atoms with Crippen LogP contribution in [0.4, 0.5) is 0 Å². The Hall–Kier alpha value is 0.0700. The fraction of sp³-hybridized carbons (Fsp3) is 0.143. The Kier molecular flexibility index (Phi) is 5.66. The first-order valence-corrected chi connectivity index (χ1v) is 8.33.